The number of ether oxygens (including phenoxy) is 2. The molecule has 0 atom stereocenters. The predicted molar refractivity (Wildman–Crippen MR) is 111 cm³/mol. The first kappa shape index (κ1) is 19.7. The van der Waals surface area contributed by atoms with Crippen molar-refractivity contribution in [1.82, 2.24) is 4.57 Å². The molecule has 9 heteroatoms. The van der Waals surface area contributed by atoms with Crippen molar-refractivity contribution >= 4 is 37.3 Å². The summed E-state index contributed by atoms with van der Waals surface area (Å²) in [5.74, 6) is -0.158. The minimum atomic E-state index is -3.60. The molecule has 1 amide bonds. The number of hydrogen-bond acceptors (Lipinski definition) is 6. The van der Waals surface area contributed by atoms with E-state index in [4.69, 9.17) is 9.47 Å². The molecule has 0 N–H and O–H groups in total. The molecule has 0 unspecified atom stereocenters. The van der Waals surface area contributed by atoms with Gasteiger partial charge in [0.05, 0.1) is 16.0 Å². The van der Waals surface area contributed by atoms with Gasteiger partial charge in [-0.3, -0.25) is 4.79 Å². The molecule has 0 fully saturated rings. The molecule has 1 aliphatic heterocycles. The summed E-state index contributed by atoms with van der Waals surface area (Å²) in [6.45, 7) is 3.51. The number of carbonyl (C=O) groups excluding carboxylic acids is 1. The van der Waals surface area contributed by atoms with E-state index in [-0.39, 0.29) is 5.75 Å². The minimum absolute atomic E-state index is 0.184. The first-order valence-electron chi connectivity index (χ1n) is 9.20. The largest absolute Gasteiger partial charge is 0.486 e. The van der Waals surface area contributed by atoms with Crippen molar-refractivity contribution < 1.29 is 22.7 Å². The van der Waals surface area contributed by atoms with Crippen LogP contribution in [0.25, 0.3) is 10.2 Å². The maximum absolute atomic E-state index is 12.4. The Bertz CT molecular complexity index is 1230. The second kappa shape index (κ2) is 8.00. The average molecular weight is 433 g/mol. The van der Waals surface area contributed by atoms with Crippen LogP contribution in [0, 0.1) is 0 Å². The average Bonchev–Trinajstić information content (AvgIpc) is 3.01. The lowest BCUT2D eigenvalue weighted by Gasteiger charge is -2.18. The van der Waals surface area contributed by atoms with Crippen LogP contribution in [0.3, 0.4) is 0 Å². The van der Waals surface area contributed by atoms with Gasteiger partial charge in [0.15, 0.2) is 26.1 Å². The number of nitrogens with zero attached hydrogens (tertiary/aromatic N) is 2. The number of aryl methyl sites for hydroxylation is 1. The summed E-state index contributed by atoms with van der Waals surface area (Å²) in [5.41, 5.74) is 1.52. The van der Waals surface area contributed by atoms with Crippen molar-refractivity contribution in [3.05, 3.63) is 52.8 Å². The molecule has 4 rings (SSSR count). The highest BCUT2D eigenvalue weighted by Gasteiger charge is 2.19. The maximum atomic E-state index is 12.4. The van der Waals surface area contributed by atoms with E-state index in [9.17, 15) is 13.2 Å². The lowest BCUT2D eigenvalue weighted by atomic mass is 10.2. The number of sulfone groups is 1. The zero-order valence-corrected chi connectivity index (χ0v) is 17.5. The summed E-state index contributed by atoms with van der Waals surface area (Å²) >= 11 is 1.32. The van der Waals surface area contributed by atoms with Gasteiger partial charge in [-0.2, -0.15) is 4.99 Å². The summed E-state index contributed by atoms with van der Waals surface area (Å²) in [5, 5.41) is 0. The predicted octanol–water partition coefficient (Wildman–Crippen LogP) is 2.54. The monoisotopic (exact) mass is 432 g/mol. The van der Waals surface area contributed by atoms with Crippen LogP contribution in [0.2, 0.25) is 0 Å². The van der Waals surface area contributed by atoms with E-state index in [2.05, 4.69) is 4.99 Å². The molecule has 2 heterocycles. The van der Waals surface area contributed by atoms with E-state index in [1.54, 1.807) is 24.3 Å². The molecule has 29 heavy (non-hydrogen) atoms. The first-order valence-corrected chi connectivity index (χ1v) is 11.8. The fourth-order valence-corrected chi connectivity index (χ4v) is 5.57. The zero-order valence-electron chi connectivity index (χ0n) is 15.8. The molecule has 0 spiro atoms. The van der Waals surface area contributed by atoms with E-state index in [1.165, 1.54) is 11.3 Å². The van der Waals surface area contributed by atoms with E-state index in [1.807, 2.05) is 29.7 Å². The Morgan fingerprint density at radius 2 is 1.83 bits per heavy atom. The van der Waals surface area contributed by atoms with Crippen LogP contribution in [-0.4, -0.2) is 37.9 Å². The second-order valence-corrected chi connectivity index (χ2v) is 9.69. The van der Waals surface area contributed by atoms with Crippen LogP contribution in [0.4, 0.5) is 0 Å². The molecule has 1 aromatic heterocycles. The van der Waals surface area contributed by atoms with Crippen LogP contribution in [0.5, 0.6) is 11.5 Å². The van der Waals surface area contributed by atoms with Crippen molar-refractivity contribution in [1.29, 1.82) is 0 Å². The Morgan fingerprint density at radius 1 is 1.14 bits per heavy atom. The van der Waals surface area contributed by atoms with E-state index in [0.29, 0.717) is 41.6 Å². The summed E-state index contributed by atoms with van der Waals surface area (Å²) in [6.07, 6.45) is 0. The number of fused-ring (bicyclic) bond motifs is 2. The second-order valence-electron chi connectivity index (χ2n) is 6.62. The number of carbonyl (C=O) groups is 1. The summed E-state index contributed by atoms with van der Waals surface area (Å²) in [7, 11) is -3.60. The van der Waals surface area contributed by atoms with Gasteiger partial charge in [0, 0.05) is 18.7 Å². The number of rotatable bonds is 5. The molecule has 7 nitrogen and oxygen atoms in total. The van der Waals surface area contributed by atoms with Crippen LogP contribution >= 0.6 is 11.3 Å². The molecule has 3 aromatic rings. The molecule has 1 aliphatic rings. The summed E-state index contributed by atoms with van der Waals surface area (Å²) in [6, 6.07) is 12.5. The fraction of sp³-hybridized carbons (Fsp3) is 0.300. The van der Waals surface area contributed by atoms with Gasteiger partial charge in [-0.1, -0.05) is 41.7 Å². The molecule has 0 saturated carbocycles. The van der Waals surface area contributed by atoms with Gasteiger partial charge < -0.3 is 14.0 Å². The van der Waals surface area contributed by atoms with Crippen LogP contribution in [-0.2, 0) is 26.9 Å². The van der Waals surface area contributed by atoms with Gasteiger partial charge in [-0.25, -0.2) is 8.42 Å². The molecular formula is C20H20N2O5S2. The van der Waals surface area contributed by atoms with Crippen molar-refractivity contribution in [2.45, 2.75) is 19.2 Å². The van der Waals surface area contributed by atoms with Gasteiger partial charge in [-0.15, -0.1) is 0 Å². The van der Waals surface area contributed by atoms with Crippen molar-refractivity contribution in [2.75, 3.05) is 19.0 Å². The topological polar surface area (TPSA) is 87.0 Å². The molecule has 152 valence electrons. The Hall–Kier alpha value is -2.65. The third kappa shape index (κ3) is 4.35. The molecule has 0 saturated heterocycles. The number of benzene rings is 2. The fourth-order valence-electron chi connectivity index (χ4n) is 3.20. The SMILES string of the molecule is CCn1c(=NC(=O)CS(=O)(=O)Cc2ccccc2)sc2cc3c(cc21)OCCO3. The Morgan fingerprint density at radius 3 is 2.52 bits per heavy atom. The minimum Gasteiger partial charge on any atom is -0.486 e. The number of amides is 1. The lowest BCUT2D eigenvalue weighted by molar-refractivity contribution is -0.115. The molecule has 0 radical (unpaired) electrons. The number of aromatic nitrogens is 1. The molecule has 0 bridgehead atoms. The Labute approximate surface area is 172 Å². The van der Waals surface area contributed by atoms with Gasteiger partial charge >= 0.3 is 0 Å². The van der Waals surface area contributed by atoms with Crippen LogP contribution < -0.4 is 14.3 Å². The van der Waals surface area contributed by atoms with Gasteiger partial charge in [0.25, 0.3) is 5.91 Å². The van der Waals surface area contributed by atoms with Gasteiger partial charge in [0.1, 0.15) is 19.0 Å². The molecule has 2 aromatic carbocycles. The highest BCUT2D eigenvalue weighted by atomic mass is 32.2. The normalized spacial score (nSPS) is 14.3. The van der Waals surface area contributed by atoms with Crippen molar-refractivity contribution in [3.63, 3.8) is 0 Å². The van der Waals surface area contributed by atoms with Crippen molar-refractivity contribution in [3.8, 4) is 11.5 Å². The van der Waals surface area contributed by atoms with Crippen molar-refractivity contribution in [2.24, 2.45) is 4.99 Å². The smallest absolute Gasteiger partial charge is 0.263 e. The molecule has 0 aliphatic carbocycles. The number of hydrogen-bond donors (Lipinski definition) is 0. The summed E-state index contributed by atoms with van der Waals surface area (Å²) < 4.78 is 38.8. The van der Waals surface area contributed by atoms with Crippen LogP contribution in [0.15, 0.2) is 47.5 Å². The zero-order chi connectivity index (χ0) is 20.4. The quantitative estimate of drug-likeness (QED) is 0.618. The highest BCUT2D eigenvalue weighted by molar-refractivity contribution is 7.91. The van der Waals surface area contributed by atoms with Gasteiger partial charge in [0.2, 0.25) is 0 Å². The lowest BCUT2D eigenvalue weighted by Crippen LogP contribution is -2.21. The van der Waals surface area contributed by atoms with E-state index in [0.717, 1.165) is 10.2 Å². The third-order valence-electron chi connectivity index (χ3n) is 4.46. The highest BCUT2D eigenvalue weighted by Crippen LogP contribution is 2.35. The van der Waals surface area contributed by atoms with Gasteiger partial charge in [-0.05, 0) is 12.5 Å². The van der Waals surface area contributed by atoms with E-state index >= 15 is 0 Å². The third-order valence-corrected chi connectivity index (χ3v) is 6.96. The number of thiazole rings is 1. The molecular weight excluding hydrogens is 412 g/mol. The Balaban J connectivity index is 1.63. The standard InChI is InChI=1S/C20H20N2O5S2/c1-2-22-15-10-16-17(27-9-8-26-16)11-18(15)28-20(22)21-19(23)13-29(24,25)12-14-6-4-3-5-7-14/h3-7,10-11H,2,8-9,12-13H2,1H3. The Kier molecular flexibility index (Phi) is 5.42. The van der Waals surface area contributed by atoms with Crippen LogP contribution in [0.1, 0.15) is 12.5 Å². The maximum Gasteiger partial charge on any atom is 0.263 e. The summed E-state index contributed by atoms with van der Waals surface area (Å²) in [4.78, 5) is 17.0. The first-order chi connectivity index (χ1) is 13.9. The van der Waals surface area contributed by atoms with E-state index < -0.39 is 21.5 Å².